The zero-order valence-corrected chi connectivity index (χ0v) is 14.7. The van der Waals surface area contributed by atoms with Gasteiger partial charge in [0, 0.05) is 22.8 Å². The molecule has 0 spiro atoms. The number of anilines is 2. The van der Waals surface area contributed by atoms with E-state index in [1.807, 2.05) is 0 Å². The van der Waals surface area contributed by atoms with E-state index >= 15 is 0 Å². The Balaban J connectivity index is 1.47. The molecule has 2 aromatic carbocycles. The molecule has 0 aliphatic heterocycles. The van der Waals surface area contributed by atoms with Crippen LogP contribution in [0, 0.1) is 0 Å². The van der Waals surface area contributed by atoms with Crippen LogP contribution in [0.4, 0.5) is 11.4 Å². The third-order valence-electron chi connectivity index (χ3n) is 4.06. The van der Waals surface area contributed by atoms with Crippen LogP contribution in [0.2, 0.25) is 0 Å². The number of fused-ring (bicyclic) bond motifs is 1. The molecule has 2 heterocycles. The first-order valence-electron chi connectivity index (χ1n) is 8.26. The summed E-state index contributed by atoms with van der Waals surface area (Å²) in [6, 6.07) is 10.1. The fraction of sp³-hybridized carbons (Fsp3) is 0.0526. The van der Waals surface area contributed by atoms with Crippen LogP contribution in [0.1, 0.15) is 0 Å². The molecule has 0 radical (unpaired) electrons. The predicted octanol–water partition coefficient (Wildman–Crippen LogP) is 2.80. The molecule has 9 heteroatoms. The minimum Gasteiger partial charge on any atom is -0.496 e. The Labute approximate surface area is 158 Å². The van der Waals surface area contributed by atoms with E-state index < -0.39 is 11.8 Å². The van der Waals surface area contributed by atoms with Gasteiger partial charge in [-0.2, -0.15) is 5.10 Å². The largest absolute Gasteiger partial charge is 0.496 e. The highest BCUT2D eigenvalue weighted by Crippen LogP contribution is 2.32. The highest BCUT2D eigenvalue weighted by Gasteiger charge is 2.16. The number of carbonyl (C=O) groups excluding carboxylic acids is 2. The van der Waals surface area contributed by atoms with Crippen LogP contribution >= 0.6 is 0 Å². The van der Waals surface area contributed by atoms with E-state index in [2.05, 4.69) is 25.8 Å². The molecule has 0 aliphatic carbocycles. The molecule has 2 amide bonds. The van der Waals surface area contributed by atoms with Crippen LogP contribution in [0.15, 0.2) is 59.6 Å². The minimum absolute atomic E-state index is 0.408. The fourth-order valence-electron chi connectivity index (χ4n) is 2.72. The molecule has 0 bridgehead atoms. The first kappa shape index (κ1) is 17.3. The lowest BCUT2D eigenvalue weighted by Crippen LogP contribution is -2.29. The standard InChI is InChI=1S/C19H15N5O4/c1-27-16-7-13(2-4-14(16)17-9-20-10-28-17)23-19(26)18(25)22-12-3-5-15-11(6-12)8-21-24-15/h2-10H,1H3,(H,21,24)(H,22,25)(H,23,26). The molecule has 140 valence electrons. The first-order valence-corrected chi connectivity index (χ1v) is 8.26. The second-order valence-electron chi connectivity index (χ2n) is 5.86. The number of amides is 2. The zero-order valence-electron chi connectivity index (χ0n) is 14.7. The molecule has 0 aliphatic rings. The number of H-pyrrole nitrogens is 1. The number of aromatic amines is 1. The highest BCUT2D eigenvalue weighted by molar-refractivity contribution is 6.43. The highest BCUT2D eigenvalue weighted by atomic mass is 16.5. The SMILES string of the molecule is COc1cc(NC(=O)C(=O)Nc2ccc3[nH]ncc3c2)ccc1-c1cnco1. The van der Waals surface area contributed by atoms with Gasteiger partial charge in [0.2, 0.25) is 0 Å². The van der Waals surface area contributed by atoms with Gasteiger partial charge in [-0.25, -0.2) is 4.98 Å². The van der Waals surface area contributed by atoms with Gasteiger partial charge in [0.25, 0.3) is 0 Å². The average Bonchev–Trinajstić information content (AvgIpc) is 3.39. The van der Waals surface area contributed by atoms with Crippen molar-refractivity contribution in [1.29, 1.82) is 0 Å². The molecule has 0 saturated carbocycles. The van der Waals surface area contributed by atoms with Crippen molar-refractivity contribution < 1.29 is 18.7 Å². The summed E-state index contributed by atoms with van der Waals surface area (Å²) in [5.74, 6) is -0.592. The summed E-state index contributed by atoms with van der Waals surface area (Å²) in [6.45, 7) is 0. The number of hydrogen-bond donors (Lipinski definition) is 3. The Hall–Kier alpha value is -4.14. The third-order valence-corrected chi connectivity index (χ3v) is 4.06. The molecule has 2 aromatic heterocycles. The molecule has 28 heavy (non-hydrogen) atoms. The van der Waals surface area contributed by atoms with E-state index in [0.29, 0.717) is 28.4 Å². The average molecular weight is 377 g/mol. The molecule has 4 rings (SSSR count). The number of ether oxygens (including phenoxy) is 1. The zero-order chi connectivity index (χ0) is 19.5. The number of aromatic nitrogens is 3. The number of benzene rings is 2. The molecular formula is C19H15N5O4. The Morgan fingerprint density at radius 2 is 1.79 bits per heavy atom. The maximum Gasteiger partial charge on any atom is 0.314 e. The summed E-state index contributed by atoms with van der Waals surface area (Å²) in [4.78, 5) is 28.3. The smallest absolute Gasteiger partial charge is 0.314 e. The van der Waals surface area contributed by atoms with Crippen molar-refractivity contribution in [3.8, 4) is 17.1 Å². The van der Waals surface area contributed by atoms with Gasteiger partial charge < -0.3 is 19.8 Å². The Morgan fingerprint density at radius 1 is 1.04 bits per heavy atom. The van der Waals surface area contributed by atoms with Crippen LogP contribution in [0.5, 0.6) is 5.75 Å². The lowest BCUT2D eigenvalue weighted by atomic mass is 10.1. The second-order valence-corrected chi connectivity index (χ2v) is 5.86. The number of methoxy groups -OCH3 is 1. The molecule has 0 atom stereocenters. The first-order chi connectivity index (χ1) is 13.6. The van der Waals surface area contributed by atoms with Crippen LogP contribution in [-0.2, 0) is 9.59 Å². The summed E-state index contributed by atoms with van der Waals surface area (Å²) in [6.07, 6.45) is 4.50. The predicted molar refractivity (Wildman–Crippen MR) is 102 cm³/mol. The summed E-state index contributed by atoms with van der Waals surface area (Å²) in [7, 11) is 1.50. The van der Waals surface area contributed by atoms with Crippen molar-refractivity contribution in [2.45, 2.75) is 0 Å². The van der Waals surface area contributed by atoms with Gasteiger partial charge in [-0.05, 0) is 30.3 Å². The maximum absolute atomic E-state index is 12.2. The lowest BCUT2D eigenvalue weighted by Gasteiger charge is -2.10. The molecule has 4 aromatic rings. The van der Waals surface area contributed by atoms with Gasteiger partial charge in [0.15, 0.2) is 12.2 Å². The number of hydrogen-bond acceptors (Lipinski definition) is 6. The summed E-state index contributed by atoms with van der Waals surface area (Å²) >= 11 is 0. The van der Waals surface area contributed by atoms with E-state index in [1.165, 1.54) is 13.5 Å². The second kappa shape index (κ2) is 7.23. The Morgan fingerprint density at radius 3 is 2.50 bits per heavy atom. The quantitative estimate of drug-likeness (QED) is 0.470. The van der Waals surface area contributed by atoms with E-state index in [9.17, 15) is 9.59 Å². The molecule has 3 N–H and O–H groups in total. The number of oxazole rings is 1. The van der Waals surface area contributed by atoms with Crippen molar-refractivity contribution in [2.24, 2.45) is 0 Å². The van der Waals surface area contributed by atoms with Gasteiger partial charge in [0.05, 0.1) is 30.6 Å². The van der Waals surface area contributed by atoms with Crippen molar-refractivity contribution in [3.63, 3.8) is 0 Å². The molecular weight excluding hydrogens is 362 g/mol. The van der Waals surface area contributed by atoms with Crippen molar-refractivity contribution >= 4 is 34.1 Å². The fourth-order valence-corrected chi connectivity index (χ4v) is 2.72. The Kier molecular flexibility index (Phi) is 4.47. The van der Waals surface area contributed by atoms with Gasteiger partial charge in [-0.1, -0.05) is 0 Å². The lowest BCUT2D eigenvalue weighted by molar-refractivity contribution is -0.132. The summed E-state index contributed by atoms with van der Waals surface area (Å²) < 4.78 is 10.6. The van der Waals surface area contributed by atoms with Crippen LogP contribution in [0.3, 0.4) is 0 Å². The van der Waals surface area contributed by atoms with E-state index in [-0.39, 0.29) is 0 Å². The van der Waals surface area contributed by atoms with Crippen molar-refractivity contribution in [3.05, 3.63) is 55.2 Å². The number of rotatable bonds is 4. The number of carbonyl (C=O) groups is 2. The number of nitrogens with zero attached hydrogens (tertiary/aromatic N) is 2. The van der Waals surface area contributed by atoms with Crippen molar-refractivity contribution in [1.82, 2.24) is 15.2 Å². The van der Waals surface area contributed by atoms with Crippen LogP contribution < -0.4 is 15.4 Å². The third kappa shape index (κ3) is 3.40. The van der Waals surface area contributed by atoms with Crippen LogP contribution in [-0.4, -0.2) is 34.1 Å². The minimum atomic E-state index is -0.804. The number of nitrogens with one attached hydrogen (secondary N) is 3. The Bertz CT molecular complexity index is 1150. The van der Waals surface area contributed by atoms with Gasteiger partial charge in [0.1, 0.15) is 5.75 Å². The van der Waals surface area contributed by atoms with E-state index in [0.717, 1.165) is 10.9 Å². The van der Waals surface area contributed by atoms with Gasteiger partial charge in [-0.15, -0.1) is 0 Å². The molecule has 9 nitrogen and oxygen atoms in total. The molecule has 0 saturated heterocycles. The topological polar surface area (TPSA) is 122 Å². The van der Waals surface area contributed by atoms with Crippen LogP contribution in [0.25, 0.3) is 22.2 Å². The van der Waals surface area contributed by atoms with E-state index in [4.69, 9.17) is 9.15 Å². The molecule has 0 unspecified atom stereocenters. The maximum atomic E-state index is 12.2. The molecule has 0 fully saturated rings. The summed E-state index contributed by atoms with van der Waals surface area (Å²) in [5, 5.41) is 12.7. The van der Waals surface area contributed by atoms with Gasteiger partial charge in [-0.3, -0.25) is 14.7 Å². The van der Waals surface area contributed by atoms with Gasteiger partial charge >= 0.3 is 11.8 Å². The monoisotopic (exact) mass is 377 g/mol. The summed E-state index contributed by atoms with van der Waals surface area (Å²) in [5.41, 5.74) is 2.41. The normalized spacial score (nSPS) is 10.6. The van der Waals surface area contributed by atoms with E-state index in [1.54, 1.807) is 48.8 Å². The van der Waals surface area contributed by atoms with Crippen molar-refractivity contribution in [2.75, 3.05) is 17.7 Å².